The van der Waals surface area contributed by atoms with E-state index in [-0.39, 0.29) is 6.42 Å². The molecule has 1 aliphatic heterocycles. The van der Waals surface area contributed by atoms with Crippen LogP contribution in [0.2, 0.25) is 0 Å². The lowest BCUT2D eigenvalue weighted by atomic mass is 9.92. The molecule has 3 heteroatoms. The molecular formula is C12H11NO2. The average molecular weight is 201 g/mol. The van der Waals surface area contributed by atoms with Crippen molar-refractivity contribution in [3.63, 3.8) is 0 Å². The van der Waals surface area contributed by atoms with Gasteiger partial charge in [-0.2, -0.15) is 0 Å². The van der Waals surface area contributed by atoms with E-state index in [2.05, 4.69) is 17.2 Å². The molecule has 1 amide bonds. The van der Waals surface area contributed by atoms with Gasteiger partial charge in [-0.25, -0.2) is 0 Å². The van der Waals surface area contributed by atoms with Gasteiger partial charge in [0.2, 0.25) is 0 Å². The van der Waals surface area contributed by atoms with Crippen LogP contribution in [0, 0.1) is 11.8 Å². The van der Waals surface area contributed by atoms with E-state index >= 15 is 0 Å². The summed E-state index contributed by atoms with van der Waals surface area (Å²) in [5, 5.41) is 12.9. The number of rotatable bonds is 1. The molecule has 0 spiro atoms. The maximum absolute atomic E-state index is 11.6. The van der Waals surface area contributed by atoms with E-state index in [4.69, 9.17) is 0 Å². The van der Waals surface area contributed by atoms with Gasteiger partial charge >= 0.3 is 0 Å². The van der Waals surface area contributed by atoms with Crippen LogP contribution in [0.4, 0.5) is 5.69 Å². The smallest absolute Gasteiger partial charge is 0.262 e. The molecule has 2 N–H and O–H groups in total. The Morgan fingerprint density at radius 2 is 2.20 bits per heavy atom. The molecule has 15 heavy (non-hydrogen) atoms. The van der Waals surface area contributed by atoms with E-state index in [1.807, 2.05) is 6.07 Å². The quantitative estimate of drug-likeness (QED) is 0.671. The van der Waals surface area contributed by atoms with Crippen LogP contribution >= 0.6 is 0 Å². The average Bonchev–Trinajstić information content (AvgIpc) is 2.50. The number of hydrogen-bond acceptors (Lipinski definition) is 2. The lowest BCUT2D eigenvalue weighted by Gasteiger charge is -2.17. The second-order valence-electron chi connectivity index (χ2n) is 3.46. The Morgan fingerprint density at radius 1 is 1.47 bits per heavy atom. The third-order valence-electron chi connectivity index (χ3n) is 2.52. The Labute approximate surface area is 88.1 Å². The van der Waals surface area contributed by atoms with Crippen LogP contribution in [0.5, 0.6) is 0 Å². The zero-order chi connectivity index (χ0) is 10.9. The van der Waals surface area contributed by atoms with Gasteiger partial charge in [0.15, 0.2) is 5.60 Å². The summed E-state index contributed by atoms with van der Waals surface area (Å²) in [5.74, 6) is 5.03. The first-order valence-electron chi connectivity index (χ1n) is 4.71. The fourth-order valence-electron chi connectivity index (χ4n) is 1.69. The van der Waals surface area contributed by atoms with Crippen LogP contribution in [0.3, 0.4) is 0 Å². The van der Waals surface area contributed by atoms with Gasteiger partial charge in [0, 0.05) is 11.3 Å². The molecule has 0 aliphatic carbocycles. The first kappa shape index (κ1) is 9.75. The summed E-state index contributed by atoms with van der Waals surface area (Å²) in [6.45, 7) is 1.68. The molecule has 76 valence electrons. The van der Waals surface area contributed by atoms with Crippen LogP contribution in [-0.4, -0.2) is 11.0 Å². The first-order chi connectivity index (χ1) is 7.18. The van der Waals surface area contributed by atoms with E-state index in [9.17, 15) is 9.90 Å². The minimum Gasteiger partial charge on any atom is -0.374 e. The highest BCUT2D eigenvalue weighted by Crippen LogP contribution is 2.37. The highest BCUT2D eigenvalue weighted by molar-refractivity contribution is 6.05. The Bertz CT molecular complexity index is 470. The van der Waals surface area contributed by atoms with Crippen molar-refractivity contribution >= 4 is 11.6 Å². The van der Waals surface area contributed by atoms with Gasteiger partial charge < -0.3 is 10.4 Å². The van der Waals surface area contributed by atoms with Crippen molar-refractivity contribution in [1.82, 2.24) is 0 Å². The predicted molar refractivity (Wildman–Crippen MR) is 57.0 cm³/mol. The van der Waals surface area contributed by atoms with Gasteiger partial charge in [-0.1, -0.05) is 24.1 Å². The number of aliphatic hydroxyl groups is 1. The summed E-state index contributed by atoms with van der Waals surface area (Å²) >= 11 is 0. The lowest BCUT2D eigenvalue weighted by Crippen LogP contribution is -2.33. The number of benzene rings is 1. The van der Waals surface area contributed by atoms with E-state index in [1.54, 1.807) is 25.1 Å². The van der Waals surface area contributed by atoms with Crippen molar-refractivity contribution in [2.75, 3.05) is 5.32 Å². The summed E-state index contributed by atoms with van der Waals surface area (Å²) in [7, 11) is 0. The topological polar surface area (TPSA) is 49.3 Å². The molecule has 0 radical (unpaired) electrons. The Balaban J connectivity index is 2.47. The molecule has 1 atom stereocenters. The Kier molecular flexibility index (Phi) is 2.22. The molecule has 0 bridgehead atoms. The SMILES string of the molecule is CC#CCC1(O)C(=O)Nc2ccccc21. The Hall–Kier alpha value is -1.79. The Morgan fingerprint density at radius 3 is 2.93 bits per heavy atom. The summed E-state index contributed by atoms with van der Waals surface area (Å²) in [4.78, 5) is 11.6. The molecule has 1 aliphatic rings. The molecule has 1 aromatic rings. The standard InChI is InChI=1S/C12H11NO2/c1-2-3-8-12(15)9-6-4-5-7-10(9)13-11(12)14/h4-7,15H,8H2,1H3,(H,13,14). The number of hydrogen-bond donors (Lipinski definition) is 2. The van der Waals surface area contributed by atoms with Crippen molar-refractivity contribution in [2.45, 2.75) is 18.9 Å². The molecule has 0 fully saturated rings. The second-order valence-corrected chi connectivity index (χ2v) is 3.46. The lowest BCUT2D eigenvalue weighted by molar-refractivity contribution is -0.133. The largest absolute Gasteiger partial charge is 0.374 e. The molecule has 0 saturated carbocycles. The minimum absolute atomic E-state index is 0.131. The molecule has 1 aromatic carbocycles. The van der Waals surface area contributed by atoms with E-state index in [1.165, 1.54) is 0 Å². The van der Waals surface area contributed by atoms with Crippen LogP contribution in [0.1, 0.15) is 18.9 Å². The van der Waals surface area contributed by atoms with Crippen LogP contribution < -0.4 is 5.32 Å². The maximum Gasteiger partial charge on any atom is 0.262 e. The number of nitrogens with one attached hydrogen (secondary N) is 1. The number of amides is 1. The van der Waals surface area contributed by atoms with E-state index < -0.39 is 11.5 Å². The number of anilines is 1. The molecule has 0 saturated heterocycles. The van der Waals surface area contributed by atoms with Gasteiger partial charge in [-0.3, -0.25) is 4.79 Å². The monoisotopic (exact) mass is 201 g/mol. The van der Waals surface area contributed by atoms with Gasteiger partial charge in [0.05, 0.1) is 6.42 Å². The van der Waals surface area contributed by atoms with Gasteiger partial charge in [0.1, 0.15) is 0 Å². The van der Waals surface area contributed by atoms with Gasteiger partial charge in [-0.15, -0.1) is 5.92 Å². The molecule has 2 rings (SSSR count). The number of fused-ring (bicyclic) bond motifs is 1. The summed E-state index contributed by atoms with van der Waals surface area (Å²) in [6, 6.07) is 7.12. The zero-order valence-corrected chi connectivity index (χ0v) is 8.37. The summed E-state index contributed by atoms with van der Waals surface area (Å²) in [5.41, 5.74) is -0.208. The summed E-state index contributed by atoms with van der Waals surface area (Å²) < 4.78 is 0. The zero-order valence-electron chi connectivity index (χ0n) is 8.37. The second kappa shape index (κ2) is 3.41. The third-order valence-corrected chi connectivity index (χ3v) is 2.52. The number of carbonyl (C=O) groups is 1. The van der Waals surface area contributed by atoms with Crippen LogP contribution in [0.15, 0.2) is 24.3 Å². The molecular weight excluding hydrogens is 190 g/mol. The van der Waals surface area contributed by atoms with Gasteiger partial charge in [-0.05, 0) is 13.0 Å². The molecule has 1 unspecified atom stereocenters. The summed E-state index contributed by atoms with van der Waals surface area (Å²) in [6.07, 6.45) is 0.131. The van der Waals surface area contributed by atoms with E-state index in [0.29, 0.717) is 11.3 Å². The predicted octanol–water partition coefficient (Wildman–Crippen LogP) is 1.24. The van der Waals surface area contributed by atoms with E-state index in [0.717, 1.165) is 0 Å². The molecule has 1 heterocycles. The maximum atomic E-state index is 11.6. The van der Waals surface area contributed by atoms with Gasteiger partial charge in [0.25, 0.3) is 5.91 Å². The van der Waals surface area contributed by atoms with Crippen molar-refractivity contribution in [3.8, 4) is 11.8 Å². The highest BCUT2D eigenvalue weighted by atomic mass is 16.3. The number of para-hydroxylation sites is 1. The molecule has 0 aromatic heterocycles. The number of carbonyl (C=O) groups excluding carboxylic acids is 1. The highest BCUT2D eigenvalue weighted by Gasteiger charge is 2.44. The normalized spacial score (nSPS) is 22.7. The minimum atomic E-state index is -1.49. The van der Waals surface area contributed by atoms with Crippen molar-refractivity contribution in [1.29, 1.82) is 0 Å². The fraction of sp³-hybridized carbons (Fsp3) is 0.250. The van der Waals surface area contributed by atoms with Crippen LogP contribution in [0.25, 0.3) is 0 Å². The van der Waals surface area contributed by atoms with Crippen LogP contribution in [-0.2, 0) is 10.4 Å². The van der Waals surface area contributed by atoms with Crippen molar-refractivity contribution in [2.24, 2.45) is 0 Å². The first-order valence-corrected chi connectivity index (χ1v) is 4.71. The third kappa shape index (κ3) is 1.39. The van der Waals surface area contributed by atoms with Crippen molar-refractivity contribution in [3.05, 3.63) is 29.8 Å². The van der Waals surface area contributed by atoms with Crippen molar-refractivity contribution < 1.29 is 9.90 Å². The molecule has 3 nitrogen and oxygen atoms in total. The fourth-order valence-corrected chi connectivity index (χ4v) is 1.69.